The first-order valence-electron chi connectivity index (χ1n) is 5.65. The fraction of sp³-hybridized carbons (Fsp3) is 0.167. The van der Waals surface area contributed by atoms with Gasteiger partial charge in [-0.05, 0) is 25.1 Å². The first-order valence-corrected chi connectivity index (χ1v) is 7.26. The lowest BCUT2D eigenvalue weighted by Crippen LogP contribution is -2.04. The summed E-state index contributed by atoms with van der Waals surface area (Å²) in [6.45, 7) is 1.60. The van der Waals surface area contributed by atoms with Crippen LogP contribution in [0.5, 0.6) is 0 Å². The second kappa shape index (κ2) is 6.19. The number of rotatable bonds is 4. The Morgan fingerprint density at radius 3 is 2.75 bits per heavy atom. The number of anilines is 1. The second-order valence-corrected chi connectivity index (χ2v) is 5.83. The van der Waals surface area contributed by atoms with Crippen LogP contribution in [-0.4, -0.2) is 21.9 Å². The quantitative estimate of drug-likeness (QED) is 0.512. The van der Waals surface area contributed by atoms with Crippen LogP contribution in [0.3, 0.4) is 0 Å². The maximum atomic E-state index is 11.2. The molecule has 2 aromatic rings. The molecular weight excluding hydrogens is 344 g/mol. The molecule has 1 aromatic carbocycles. The Hall–Kier alpha value is -1.67. The minimum Gasteiger partial charge on any atom is -0.357 e. The average molecular weight is 355 g/mol. The lowest BCUT2D eigenvalue weighted by Gasteiger charge is -2.07. The summed E-state index contributed by atoms with van der Waals surface area (Å²) in [5.41, 5.74) is 0.279. The number of hydrogen-bond acceptors (Lipinski definition) is 6. The third kappa shape index (κ3) is 3.26. The number of aromatic nitrogens is 2. The minimum absolute atomic E-state index is 0.0611. The van der Waals surface area contributed by atoms with Crippen molar-refractivity contribution in [3.63, 3.8) is 0 Å². The van der Waals surface area contributed by atoms with E-state index in [9.17, 15) is 10.1 Å². The number of nitro groups is 1. The van der Waals surface area contributed by atoms with Gasteiger partial charge in [-0.2, -0.15) is 4.98 Å². The molecule has 1 heterocycles. The van der Waals surface area contributed by atoms with Gasteiger partial charge in [0.2, 0.25) is 5.95 Å². The summed E-state index contributed by atoms with van der Waals surface area (Å²) in [6.07, 6.45) is 0. The van der Waals surface area contributed by atoms with Gasteiger partial charge in [0.1, 0.15) is 5.69 Å². The summed E-state index contributed by atoms with van der Waals surface area (Å²) in [5.74, 6) is 0.366. The molecule has 1 aromatic heterocycles. The molecule has 0 atom stereocenters. The van der Waals surface area contributed by atoms with Crippen LogP contribution in [0, 0.1) is 17.0 Å². The molecule has 0 aliphatic carbocycles. The molecule has 0 unspecified atom stereocenters. The predicted molar refractivity (Wildman–Crippen MR) is 81.2 cm³/mol. The Bertz CT molecular complexity index is 666. The molecule has 0 aliphatic heterocycles. The highest BCUT2D eigenvalue weighted by atomic mass is 79.9. The Balaban J connectivity index is 2.48. The van der Waals surface area contributed by atoms with Crippen LogP contribution >= 0.6 is 27.7 Å². The van der Waals surface area contributed by atoms with Crippen molar-refractivity contribution in [3.8, 4) is 0 Å². The largest absolute Gasteiger partial charge is 0.357 e. The molecule has 0 fully saturated rings. The van der Waals surface area contributed by atoms with Crippen molar-refractivity contribution in [2.24, 2.45) is 0 Å². The number of nitrogens with zero attached hydrogens (tertiary/aromatic N) is 3. The van der Waals surface area contributed by atoms with E-state index >= 15 is 0 Å². The number of nitrogens with one attached hydrogen (secondary N) is 1. The van der Waals surface area contributed by atoms with Crippen LogP contribution in [0.2, 0.25) is 0 Å². The monoisotopic (exact) mass is 354 g/mol. The van der Waals surface area contributed by atoms with E-state index < -0.39 is 4.92 Å². The van der Waals surface area contributed by atoms with E-state index in [1.54, 1.807) is 14.0 Å². The highest BCUT2D eigenvalue weighted by Gasteiger charge is 2.22. The van der Waals surface area contributed by atoms with Crippen molar-refractivity contribution < 1.29 is 4.92 Å². The number of benzene rings is 1. The van der Waals surface area contributed by atoms with Gasteiger partial charge in [-0.1, -0.05) is 33.8 Å². The van der Waals surface area contributed by atoms with Crippen LogP contribution in [0.4, 0.5) is 11.6 Å². The Labute approximate surface area is 128 Å². The molecule has 8 heteroatoms. The van der Waals surface area contributed by atoms with Crippen LogP contribution in [-0.2, 0) is 0 Å². The maximum absolute atomic E-state index is 11.2. The van der Waals surface area contributed by atoms with Crippen LogP contribution in [0.25, 0.3) is 0 Å². The van der Waals surface area contributed by atoms with Crippen molar-refractivity contribution in [1.82, 2.24) is 9.97 Å². The highest BCUT2D eigenvalue weighted by Crippen LogP contribution is 2.36. The third-order valence-corrected chi connectivity index (χ3v) is 3.90. The minimum atomic E-state index is -0.449. The molecule has 0 saturated heterocycles. The van der Waals surface area contributed by atoms with Crippen molar-refractivity contribution >= 4 is 39.3 Å². The maximum Gasteiger partial charge on any atom is 0.322 e. The third-order valence-electron chi connectivity index (χ3n) is 2.44. The summed E-state index contributed by atoms with van der Waals surface area (Å²) >= 11 is 4.61. The molecule has 6 nitrogen and oxygen atoms in total. The SMILES string of the molecule is CNc1nc(C)c([N+](=O)[O-])c(Sc2cccc(Br)c2)n1. The predicted octanol–water partition coefficient (Wildman–Crippen LogP) is 3.65. The Kier molecular flexibility index (Phi) is 4.56. The summed E-state index contributed by atoms with van der Waals surface area (Å²) in [4.78, 5) is 19.8. The van der Waals surface area contributed by atoms with E-state index in [0.717, 1.165) is 9.37 Å². The van der Waals surface area contributed by atoms with Gasteiger partial charge < -0.3 is 5.32 Å². The van der Waals surface area contributed by atoms with Gasteiger partial charge >= 0.3 is 5.69 Å². The first kappa shape index (κ1) is 14.7. The zero-order valence-electron chi connectivity index (χ0n) is 10.8. The van der Waals surface area contributed by atoms with Crippen LogP contribution in [0.15, 0.2) is 38.7 Å². The fourth-order valence-electron chi connectivity index (χ4n) is 1.58. The van der Waals surface area contributed by atoms with Gasteiger partial charge in [0, 0.05) is 16.4 Å². The smallest absolute Gasteiger partial charge is 0.322 e. The summed E-state index contributed by atoms with van der Waals surface area (Å²) in [6, 6.07) is 7.51. The molecule has 0 amide bonds. The number of aryl methyl sites for hydroxylation is 1. The molecule has 0 bridgehead atoms. The molecule has 2 rings (SSSR count). The van der Waals surface area contributed by atoms with Crippen molar-refractivity contribution in [2.45, 2.75) is 16.8 Å². The zero-order chi connectivity index (χ0) is 14.7. The zero-order valence-corrected chi connectivity index (χ0v) is 13.2. The normalized spacial score (nSPS) is 10.3. The van der Waals surface area contributed by atoms with Gasteiger partial charge in [-0.25, -0.2) is 4.98 Å². The number of halogens is 1. The highest BCUT2D eigenvalue weighted by molar-refractivity contribution is 9.10. The molecule has 0 radical (unpaired) electrons. The first-order chi connectivity index (χ1) is 9.51. The Morgan fingerprint density at radius 1 is 1.40 bits per heavy atom. The van der Waals surface area contributed by atoms with Crippen molar-refractivity contribution in [2.75, 3.05) is 12.4 Å². The van der Waals surface area contributed by atoms with Crippen molar-refractivity contribution in [1.29, 1.82) is 0 Å². The lowest BCUT2D eigenvalue weighted by atomic mass is 10.4. The van der Waals surface area contributed by atoms with Gasteiger partial charge in [-0.3, -0.25) is 10.1 Å². The molecule has 1 N–H and O–H groups in total. The van der Waals surface area contributed by atoms with Gasteiger partial charge in [0.25, 0.3) is 0 Å². The molecular formula is C12H11BrN4O2S. The van der Waals surface area contributed by atoms with E-state index in [-0.39, 0.29) is 5.69 Å². The van der Waals surface area contributed by atoms with E-state index in [0.29, 0.717) is 16.7 Å². The van der Waals surface area contributed by atoms with E-state index in [2.05, 4.69) is 31.2 Å². The molecule has 104 valence electrons. The van der Waals surface area contributed by atoms with Gasteiger partial charge in [0.15, 0.2) is 5.03 Å². The standard InChI is InChI=1S/C12H11BrN4O2S/c1-7-10(17(18)19)11(16-12(14-2)15-7)20-9-5-3-4-8(13)6-9/h3-6H,1-2H3,(H,14,15,16). The fourth-order valence-corrected chi connectivity index (χ4v) is 3.13. The molecule has 0 spiro atoms. The summed E-state index contributed by atoms with van der Waals surface area (Å²) in [7, 11) is 1.67. The van der Waals surface area contributed by atoms with Crippen molar-refractivity contribution in [3.05, 3.63) is 44.5 Å². The summed E-state index contributed by atoms with van der Waals surface area (Å²) in [5, 5.41) is 14.3. The number of hydrogen-bond donors (Lipinski definition) is 1. The summed E-state index contributed by atoms with van der Waals surface area (Å²) < 4.78 is 0.907. The van der Waals surface area contributed by atoms with E-state index in [4.69, 9.17) is 0 Å². The van der Waals surface area contributed by atoms with E-state index in [1.807, 2.05) is 24.3 Å². The molecule has 20 heavy (non-hydrogen) atoms. The second-order valence-electron chi connectivity index (χ2n) is 3.85. The lowest BCUT2D eigenvalue weighted by molar-refractivity contribution is -0.389. The van der Waals surface area contributed by atoms with E-state index in [1.165, 1.54) is 11.8 Å². The topological polar surface area (TPSA) is 81.0 Å². The average Bonchev–Trinajstić information content (AvgIpc) is 2.37. The van der Waals surface area contributed by atoms with Gasteiger partial charge in [0.05, 0.1) is 4.92 Å². The van der Waals surface area contributed by atoms with Crippen LogP contribution < -0.4 is 5.32 Å². The molecule has 0 aliphatic rings. The van der Waals surface area contributed by atoms with Gasteiger partial charge in [-0.15, -0.1) is 0 Å². The molecule has 0 saturated carbocycles. The Morgan fingerprint density at radius 2 is 2.15 bits per heavy atom. The van der Waals surface area contributed by atoms with Crippen LogP contribution in [0.1, 0.15) is 5.69 Å².